The van der Waals surface area contributed by atoms with Gasteiger partial charge < -0.3 is 9.73 Å². The van der Waals surface area contributed by atoms with Gasteiger partial charge in [0.05, 0.1) is 29.8 Å². The molecule has 0 saturated carbocycles. The second-order valence-corrected chi connectivity index (χ2v) is 7.20. The van der Waals surface area contributed by atoms with Crippen molar-refractivity contribution in [3.63, 3.8) is 0 Å². The maximum Gasteiger partial charge on any atom is 0.230 e. The highest BCUT2D eigenvalue weighted by Gasteiger charge is 2.19. The molecule has 29 heavy (non-hydrogen) atoms. The number of pyridine rings is 1. The number of amides is 1. The molecule has 1 N–H and O–H groups in total. The molecule has 0 radical (unpaired) electrons. The number of thioether (sulfide) groups is 1. The SMILES string of the molecule is Cc1occc1-c1nnc(SCC(=O)NCc2ccccn2)n1-c1ccccc1. The van der Waals surface area contributed by atoms with Gasteiger partial charge in [-0.2, -0.15) is 0 Å². The largest absolute Gasteiger partial charge is 0.469 e. The van der Waals surface area contributed by atoms with Gasteiger partial charge in [-0.25, -0.2) is 0 Å². The van der Waals surface area contributed by atoms with E-state index in [-0.39, 0.29) is 11.7 Å². The van der Waals surface area contributed by atoms with Gasteiger partial charge >= 0.3 is 0 Å². The number of nitrogens with one attached hydrogen (secondary N) is 1. The first-order valence-electron chi connectivity index (χ1n) is 9.07. The molecule has 4 aromatic rings. The smallest absolute Gasteiger partial charge is 0.230 e. The van der Waals surface area contributed by atoms with Crippen molar-refractivity contribution < 1.29 is 9.21 Å². The van der Waals surface area contributed by atoms with Crippen molar-refractivity contribution in [2.75, 3.05) is 5.75 Å². The number of hydrogen-bond donors (Lipinski definition) is 1. The van der Waals surface area contributed by atoms with Crippen molar-refractivity contribution in [2.45, 2.75) is 18.6 Å². The van der Waals surface area contributed by atoms with Crippen LogP contribution in [0.3, 0.4) is 0 Å². The van der Waals surface area contributed by atoms with Crippen LogP contribution in [0.2, 0.25) is 0 Å². The number of benzene rings is 1. The molecular formula is C21H19N5O2S. The quantitative estimate of drug-likeness (QED) is 0.473. The summed E-state index contributed by atoms with van der Waals surface area (Å²) in [6, 6.07) is 17.3. The van der Waals surface area contributed by atoms with Crippen LogP contribution in [0, 0.1) is 6.92 Å². The molecule has 0 aliphatic rings. The van der Waals surface area contributed by atoms with Crippen LogP contribution in [0.25, 0.3) is 17.1 Å². The van der Waals surface area contributed by atoms with Gasteiger partial charge in [0.25, 0.3) is 0 Å². The summed E-state index contributed by atoms with van der Waals surface area (Å²) in [7, 11) is 0. The fourth-order valence-electron chi connectivity index (χ4n) is 2.84. The molecule has 0 aliphatic carbocycles. The van der Waals surface area contributed by atoms with Crippen molar-refractivity contribution in [3.8, 4) is 17.1 Å². The monoisotopic (exact) mass is 405 g/mol. The number of para-hydroxylation sites is 1. The van der Waals surface area contributed by atoms with Gasteiger partial charge in [-0.15, -0.1) is 10.2 Å². The van der Waals surface area contributed by atoms with Crippen molar-refractivity contribution in [2.24, 2.45) is 0 Å². The molecule has 0 saturated heterocycles. The fraction of sp³-hybridized carbons (Fsp3) is 0.143. The van der Waals surface area contributed by atoms with E-state index in [0.29, 0.717) is 17.5 Å². The fourth-order valence-corrected chi connectivity index (χ4v) is 3.62. The second-order valence-electron chi connectivity index (χ2n) is 6.25. The second kappa shape index (κ2) is 8.74. The molecule has 0 fully saturated rings. The molecule has 0 atom stereocenters. The Morgan fingerprint density at radius 2 is 1.93 bits per heavy atom. The van der Waals surface area contributed by atoms with Gasteiger partial charge in [0.15, 0.2) is 11.0 Å². The Bertz CT molecular complexity index is 1090. The van der Waals surface area contributed by atoms with Gasteiger partial charge in [-0.1, -0.05) is 36.0 Å². The summed E-state index contributed by atoms with van der Waals surface area (Å²) in [5.41, 5.74) is 2.60. The molecule has 0 unspecified atom stereocenters. The van der Waals surface area contributed by atoms with Crippen molar-refractivity contribution in [1.82, 2.24) is 25.1 Å². The summed E-state index contributed by atoms with van der Waals surface area (Å²) >= 11 is 1.34. The zero-order valence-corrected chi connectivity index (χ0v) is 16.6. The van der Waals surface area contributed by atoms with E-state index in [2.05, 4.69) is 20.5 Å². The van der Waals surface area contributed by atoms with E-state index in [0.717, 1.165) is 22.7 Å². The topological polar surface area (TPSA) is 85.8 Å². The minimum Gasteiger partial charge on any atom is -0.469 e. The minimum absolute atomic E-state index is 0.0932. The first-order chi connectivity index (χ1) is 14.2. The minimum atomic E-state index is -0.0932. The highest BCUT2D eigenvalue weighted by atomic mass is 32.2. The number of carbonyl (C=O) groups is 1. The molecule has 1 aromatic carbocycles. The molecule has 0 spiro atoms. The average molecular weight is 405 g/mol. The van der Waals surface area contributed by atoms with E-state index in [4.69, 9.17) is 4.42 Å². The molecule has 4 rings (SSSR count). The lowest BCUT2D eigenvalue weighted by atomic mass is 10.2. The van der Waals surface area contributed by atoms with Gasteiger partial charge in [-0.3, -0.25) is 14.3 Å². The molecule has 0 bridgehead atoms. The molecule has 3 heterocycles. The Labute approximate surface area is 172 Å². The van der Waals surface area contributed by atoms with Crippen LogP contribution < -0.4 is 5.32 Å². The molecule has 0 aliphatic heterocycles. The summed E-state index contributed by atoms with van der Waals surface area (Å²) in [4.78, 5) is 16.5. The lowest BCUT2D eigenvalue weighted by molar-refractivity contribution is -0.118. The number of aryl methyl sites for hydroxylation is 1. The van der Waals surface area contributed by atoms with Crippen LogP contribution in [0.15, 0.2) is 76.6 Å². The highest BCUT2D eigenvalue weighted by molar-refractivity contribution is 7.99. The van der Waals surface area contributed by atoms with E-state index >= 15 is 0 Å². The van der Waals surface area contributed by atoms with Gasteiger partial charge in [0.2, 0.25) is 5.91 Å². The number of nitrogens with zero attached hydrogens (tertiary/aromatic N) is 4. The van der Waals surface area contributed by atoms with Gasteiger partial charge in [-0.05, 0) is 37.3 Å². The third-order valence-electron chi connectivity index (χ3n) is 4.27. The van der Waals surface area contributed by atoms with Crippen molar-refractivity contribution >= 4 is 17.7 Å². The predicted octanol–water partition coefficient (Wildman–Crippen LogP) is 3.64. The van der Waals surface area contributed by atoms with Crippen LogP contribution in [-0.2, 0) is 11.3 Å². The van der Waals surface area contributed by atoms with Crippen LogP contribution in [0.1, 0.15) is 11.5 Å². The summed E-state index contributed by atoms with van der Waals surface area (Å²) < 4.78 is 7.37. The first-order valence-corrected chi connectivity index (χ1v) is 10.1. The van der Waals surface area contributed by atoms with Gasteiger partial charge in [0.1, 0.15) is 5.76 Å². The Balaban J connectivity index is 1.52. The Morgan fingerprint density at radius 3 is 2.66 bits per heavy atom. The number of rotatable bonds is 7. The number of aromatic nitrogens is 4. The number of carbonyl (C=O) groups excluding carboxylic acids is 1. The predicted molar refractivity (Wildman–Crippen MR) is 111 cm³/mol. The summed E-state index contributed by atoms with van der Waals surface area (Å²) in [5.74, 6) is 1.57. The van der Waals surface area contributed by atoms with E-state index in [1.165, 1.54) is 11.8 Å². The summed E-state index contributed by atoms with van der Waals surface area (Å²) in [6.07, 6.45) is 3.34. The van der Waals surface area contributed by atoms with Crippen LogP contribution >= 0.6 is 11.8 Å². The average Bonchev–Trinajstić information content (AvgIpc) is 3.37. The van der Waals surface area contributed by atoms with Crippen LogP contribution in [-0.4, -0.2) is 31.4 Å². The molecule has 3 aromatic heterocycles. The Morgan fingerprint density at radius 1 is 1.10 bits per heavy atom. The van der Waals surface area contributed by atoms with E-state index in [9.17, 15) is 4.79 Å². The third kappa shape index (κ3) is 4.38. The maximum atomic E-state index is 12.3. The summed E-state index contributed by atoms with van der Waals surface area (Å²) in [6.45, 7) is 2.28. The Kier molecular flexibility index (Phi) is 5.71. The third-order valence-corrected chi connectivity index (χ3v) is 5.20. The summed E-state index contributed by atoms with van der Waals surface area (Å²) in [5, 5.41) is 12.2. The normalized spacial score (nSPS) is 10.8. The first kappa shape index (κ1) is 18.9. The Hall–Kier alpha value is -3.39. The van der Waals surface area contributed by atoms with E-state index in [1.54, 1.807) is 12.5 Å². The van der Waals surface area contributed by atoms with Gasteiger partial charge in [0, 0.05) is 11.9 Å². The zero-order valence-electron chi connectivity index (χ0n) is 15.8. The molecular weight excluding hydrogens is 386 g/mol. The lowest BCUT2D eigenvalue weighted by Crippen LogP contribution is -2.25. The maximum absolute atomic E-state index is 12.3. The molecule has 8 heteroatoms. The lowest BCUT2D eigenvalue weighted by Gasteiger charge is -2.10. The van der Waals surface area contributed by atoms with Crippen LogP contribution in [0.4, 0.5) is 0 Å². The van der Waals surface area contributed by atoms with Crippen molar-refractivity contribution in [1.29, 1.82) is 0 Å². The number of hydrogen-bond acceptors (Lipinski definition) is 6. The van der Waals surface area contributed by atoms with Crippen molar-refractivity contribution in [3.05, 3.63) is 78.5 Å². The standard InChI is InChI=1S/C21H19N5O2S/c1-15-18(10-12-28-15)20-24-25-21(26(20)17-8-3-2-4-9-17)29-14-19(27)23-13-16-7-5-6-11-22-16/h2-12H,13-14H2,1H3,(H,23,27). The molecule has 7 nitrogen and oxygen atoms in total. The highest BCUT2D eigenvalue weighted by Crippen LogP contribution is 2.30. The number of furan rings is 1. The van der Waals surface area contributed by atoms with E-state index < -0.39 is 0 Å². The van der Waals surface area contributed by atoms with Crippen LogP contribution in [0.5, 0.6) is 0 Å². The zero-order chi connectivity index (χ0) is 20.1. The molecule has 146 valence electrons. The van der Waals surface area contributed by atoms with E-state index in [1.807, 2.05) is 66.1 Å². The molecule has 1 amide bonds.